The van der Waals surface area contributed by atoms with Crippen molar-refractivity contribution in [1.82, 2.24) is 10.3 Å². The molecule has 0 bridgehead atoms. The molecule has 1 aliphatic rings. The molecule has 3 N–H and O–H groups in total. The van der Waals surface area contributed by atoms with Crippen LogP contribution in [-0.2, 0) is 6.54 Å². The number of ether oxygens (including phenoxy) is 2. The molecule has 2 aromatic carbocycles. The van der Waals surface area contributed by atoms with Crippen LogP contribution < -0.4 is 20.5 Å². The fourth-order valence-electron chi connectivity index (χ4n) is 3.37. The fourth-order valence-corrected chi connectivity index (χ4v) is 3.37. The lowest BCUT2D eigenvalue weighted by Crippen LogP contribution is -2.25. The van der Waals surface area contributed by atoms with Gasteiger partial charge in [-0.2, -0.15) is 0 Å². The number of rotatable bonds is 10. The van der Waals surface area contributed by atoms with Gasteiger partial charge in [-0.25, -0.2) is 13.8 Å². The molecule has 1 unspecified atom stereocenters. The maximum atomic E-state index is 13.9. The van der Waals surface area contributed by atoms with Crippen LogP contribution >= 0.6 is 0 Å². The SMILES string of the molecule is CCOc1ccc(-c2nc(C(=O)NCc3ccc(F)cc3F)c(C(C)N)o2)cc1OCC1CC1. The predicted octanol–water partition coefficient (Wildman–Crippen LogP) is 4.76. The molecule has 180 valence electrons. The zero-order valence-corrected chi connectivity index (χ0v) is 19.1. The molecule has 1 saturated carbocycles. The van der Waals surface area contributed by atoms with E-state index in [4.69, 9.17) is 19.6 Å². The van der Waals surface area contributed by atoms with Gasteiger partial charge in [0.15, 0.2) is 23.0 Å². The van der Waals surface area contributed by atoms with Gasteiger partial charge in [0.2, 0.25) is 5.89 Å². The molecule has 1 aromatic heterocycles. The van der Waals surface area contributed by atoms with Gasteiger partial charge in [-0.1, -0.05) is 6.07 Å². The summed E-state index contributed by atoms with van der Waals surface area (Å²) in [7, 11) is 0. The summed E-state index contributed by atoms with van der Waals surface area (Å²) in [5.41, 5.74) is 6.76. The Morgan fingerprint density at radius 1 is 1.21 bits per heavy atom. The number of nitrogens with one attached hydrogen (secondary N) is 1. The van der Waals surface area contributed by atoms with Crippen LogP contribution in [0.4, 0.5) is 8.78 Å². The summed E-state index contributed by atoms with van der Waals surface area (Å²) in [6, 6.07) is 7.85. The number of amides is 1. The lowest BCUT2D eigenvalue weighted by atomic mass is 10.2. The smallest absolute Gasteiger partial charge is 0.273 e. The van der Waals surface area contributed by atoms with E-state index in [1.807, 2.05) is 6.92 Å². The number of nitrogens with zero attached hydrogens (tertiary/aromatic N) is 1. The van der Waals surface area contributed by atoms with Crippen LogP contribution in [0, 0.1) is 17.6 Å². The maximum absolute atomic E-state index is 13.9. The van der Waals surface area contributed by atoms with Gasteiger partial charge in [0.25, 0.3) is 5.91 Å². The Morgan fingerprint density at radius 3 is 2.68 bits per heavy atom. The molecule has 9 heteroatoms. The maximum Gasteiger partial charge on any atom is 0.273 e. The normalized spacial score (nSPS) is 14.0. The first-order chi connectivity index (χ1) is 16.4. The monoisotopic (exact) mass is 471 g/mol. The van der Waals surface area contributed by atoms with Gasteiger partial charge in [0, 0.05) is 23.7 Å². The second-order valence-corrected chi connectivity index (χ2v) is 8.29. The third-order valence-corrected chi connectivity index (χ3v) is 5.40. The molecule has 3 aromatic rings. The van der Waals surface area contributed by atoms with E-state index in [9.17, 15) is 13.6 Å². The van der Waals surface area contributed by atoms with E-state index in [2.05, 4.69) is 10.3 Å². The Morgan fingerprint density at radius 2 is 2.00 bits per heavy atom. The number of hydrogen-bond acceptors (Lipinski definition) is 6. The first-order valence-electron chi connectivity index (χ1n) is 11.2. The zero-order valence-electron chi connectivity index (χ0n) is 19.1. The lowest BCUT2D eigenvalue weighted by molar-refractivity contribution is 0.0943. The highest BCUT2D eigenvalue weighted by molar-refractivity contribution is 5.94. The average Bonchev–Trinajstić information content (AvgIpc) is 3.52. The molecular formula is C25H27F2N3O4. The minimum Gasteiger partial charge on any atom is -0.490 e. The van der Waals surface area contributed by atoms with Crippen LogP contribution in [0.3, 0.4) is 0 Å². The first-order valence-corrected chi connectivity index (χ1v) is 11.2. The summed E-state index contributed by atoms with van der Waals surface area (Å²) >= 11 is 0. The highest BCUT2D eigenvalue weighted by atomic mass is 19.1. The first kappa shape index (κ1) is 23.7. The molecule has 1 aliphatic carbocycles. The standard InChI is InChI=1S/C25H27F2N3O4/c1-3-32-20-9-7-16(10-21(20)33-13-15-4-5-15)25-30-22(23(34-25)14(2)28)24(31)29-12-17-6-8-18(26)11-19(17)27/h6-11,14-15H,3-5,12-13,28H2,1-2H3,(H,29,31). The molecule has 1 amide bonds. The Bertz CT molecular complexity index is 1170. The molecule has 1 fully saturated rings. The van der Waals surface area contributed by atoms with Crippen LogP contribution in [0.1, 0.15) is 54.5 Å². The average molecular weight is 472 g/mol. The van der Waals surface area contributed by atoms with Crippen LogP contribution in [-0.4, -0.2) is 24.1 Å². The van der Waals surface area contributed by atoms with Crippen LogP contribution in [0.5, 0.6) is 11.5 Å². The van der Waals surface area contributed by atoms with E-state index in [-0.39, 0.29) is 29.5 Å². The molecule has 1 heterocycles. The van der Waals surface area contributed by atoms with Crippen molar-refractivity contribution in [2.45, 2.75) is 39.3 Å². The van der Waals surface area contributed by atoms with E-state index in [1.165, 1.54) is 6.07 Å². The van der Waals surface area contributed by atoms with Gasteiger partial charge in [-0.05, 0) is 56.9 Å². The summed E-state index contributed by atoms with van der Waals surface area (Å²) in [4.78, 5) is 17.2. The Balaban J connectivity index is 1.57. The lowest BCUT2D eigenvalue weighted by Gasteiger charge is -2.12. The molecular weight excluding hydrogens is 444 g/mol. The topological polar surface area (TPSA) is 99.6 Å². The second kappa shape index (κ2) is 10.2. The van der Waals surface area contributed by atoms with Gasteiger partial charge in [0.05, 0.1) is 19.3 Å². The van der Waals surface area contributed by atoms with Crippen molar-refractivity contribution >= 4 is 5.91 Å². The molecule has 0 radical (unpaired) electrons. The van der Waals surface area contributed by atoms with E-state index in [0.717, 1.165) is 25.0 Å². The second-order valence-electron chi connectivity index (χ2n) is 8.29. The Kier molecular flexibility index (Phi) is 7.12. The summed E-state index contributed by atoms with van der Waals surface area (Å²) in [6.07, 6.45) is 2.31. The molecule has 0 saturated heterocycles. The summed E-state index contributed by atoms with van der Waals surface area (Å²) < 4.78 is 44.5. The summed E-state index contributed by atoms with van der Waals surface area (Å²) in [5, 5.41) is 2.59. The fraction of sp³-hybridized carbons (Fsp3) is 0.360. The molecule has 7 nitrogen and oxygen atoms in total. The third kappa shape index (κ3) is 5.53. The highest BCUT2D eigenvalue weighted by Crippen LogP contribution is 2.36. The van der Waals surface area contributed by atoms with Crippen LogP contribution in [0.2, 0.25) is 0 Å². The number of aromatic nitrogens is 1. The number of carbonyl (C=O) groups excluding carboxylic acids is 1. The van der Waals surface area contributed by atoms with Crippen molar-refractivity contribution in [3.63, 3.8) is 0 Å². The van der Waals surface area contributed by atoms with Crippen LogP contribution in [0.15, 0.2) is 40.8 Å². The van der Waals surface area contributed by atoms with Crippen molar-refractivity contribution in [3.05, 3.63) is 65.1 Å². The number of halogens is 2. The number of hydrogen-bond donors (Lipinski definition) is 2. The largest absolute Gasteiger partial charge is 0.490 e. The zero-order chi connectivity index (χ0) is 24.2. The molecule has 34 heavy (non-hydrogen) atoms. The predicted molar refractivity (Wildman–Crippen MR) is 121 cm³/mol. The number of carbonyl (C=O) groups is 1. The van der Waals surface area contributed by atoms with E-state index in [1.54, 1.807) is 25.1 Å². The van der Waals surface area contributed by atoms with Gasteiger partial charge in [-0.3, -0.25) is 4.79 Å². The summed E-state index contributed by atoms with van der Waals surface area (Å²) in [6.45, 7) is 4.51. The molecule has 0 spiro atoms. The van der Waals surface area contributed by atoms with Crippen molar-refractivity contribution in [3.8, 4) is 23.0 Å². The molecule has 0 aliphatic heterocycles. The van der Waals surface area contributed by atoms with Gasteiger partial charge in [-0.15, -0.1) is 0 Å². The van der Waals surface area contributed by atoms with E-state index < -0.39 is 23.6 Å². The number of oxazole rings is 1. The highest BCUT2D eigenvalue weighted by Gasteiger charge is 2.25. The van der Waals surface area contributed by atoms with E-state index in [0.29, 0.717) is 36.2 Å². The number of benzene rings is 2. The third-order valence-electron chi connectivity index (χ3n) is 5.40. The minimum absolute atomic E-state index is 0.00172. The molecule has 4 rings (SSSR count). The summed E-state index contributed by atoms with van der Waals surface area (Å²) in [5.74, 6) is 0.124. The van der Waals surface area contributed by atoms with Crippen molar-refractivity contribution < 1.29 is 27.5 Å². The Labute approximate surface area is 196 Å². The van der Waals surface area contributed by atoms with Crippen molar-refractivity contribution in [1.29, 1.82) is 0 Å². The van der Waals surface area contributed by atoms with Gasteiger partial charge < -0.3 is 24.9 Å². The van der Waals surface area contributed by atoms with Gasteiger partial charge in [0.1, 0.15) is 11.6 Å². The van der Waals surface area contributed by atoms with Crippen molar-refractivity contribution in [2.75, 3.05) is 13.2 Å². The van der Waals surface area contributed by atoms with Crippen molar-refractivity contribution in [2.24, 2.45) is 11.7 Å². The molecule has 1 atom stereocenters. The van der Waals surface area contributed by atoms with Crippen LogP contribution in [0.25, 0.3) is 11.5 Å². The van der Waals surface area contributed by atoms with E-state index >= 15 is 0 Å². The minimum atomic E-state index is -0.748. The quantitative estimate of drug-likeness (QED) is 0.442. The van der Waals surface area contributed by atoms with Gasteiger partial charge >= 0.3 is 0 Å². The Hall–Kier alpha value is -3.46. The number of nitrogens with two attached hydrogens (primary N) is 1.